The van der Waals surface area contributed by atoms with E-state index in [-0.39, 0.29) is 12.0 Å². The van der Waals surface area contributed by atoms with E-state index in [9.17, 15) is 4.79 Å². The molecule has 30 heavy (non-hydrogen) atoms. The Morgan fingerprint density at radius 1 is 1.17 bits per heavy atom. The van der Waals surface area contributed by atoms with Gasteiger partial charge < -0.3 is 20.3 Å². The molecule has 166 valence electrons. The van der Waals surface area contributed by atoms with E-state index in [0.29, 0.717) is 5.91 Å². The highest BCUT2D eigenvalue weighted by molar-refractivity contribution is 5.81. The molecule has 1 saturated carbocycles. The van der Waals surface area contributed by atoms with Crippen LogP contribution in [0.4, 0.5) is 0 Å². The molecule has 1 aliphatic carbocycles. The average Bonchev–Trinajstić information content (AvgIpc) is 3.25. The monoisotopic (exact) mass is 414 g/mol. The van der Waals surface area contributed by atoms with Crippen molar-refractivity contribution in [1.82, 2.24) is 15.5 Å². The summed E-state index contributed by atoms with van der Waals surface area (Å²) in [6.45, 7) is 5.36. The maximum Gasteiger partial charge on any atom is 0.225 e. The van der Waals surface area contributed by atoms with Crippen molar-refractivity contribution in [3.05, 3.63) is 29.8 Å². The van der Waals surface area contributed by atoms with Gasteiger partial charge in [0.25, 0.3) is 0 Å². The van der Waals surface area contributed by atoms with E-state index in [1.54, 1.807) is 7.11 Å². The van der Waals surface area contributed by atoms with Crippen molar-refractivity contribution < 1.29 is 9.53 Å². The van der Waals surface area contributed by atoms with Crippen molar-refractivity contribution in [2.75, 3.05) is 33.3 Å². The summed E-state index contributed by atoms with van der Waals surface area (Å²) in [6.07, 6.45) is 8.85. The molecular weight excluding hydrogens is 376 g/mol. The van der Waals surface area contributed by atoms with Crippen molar-refractivity contribution in [3.8, 4) is 5.75 Å². The quantitative estimate of drug-likeness (QED) is 0.389. The second-order valence-electron chi connectivity index (χ2n) is 8.46. The number of methoxy groups -OCH3 is 1. The van der Waals surface area contributed by atoms with E-state index in [4.69, 9.17) is 9.73 Å². The fraction of sp³-hybridized carbons (Fsp3) is 0.667. The number of likely N-dealkylation sites (tertiary alicyclic amines) is 1. The molecule has 3 rings (SSSR count). The Morgan fingerprint density at radius 2 is 1.93 bits per heavy atom. The van der Waals surface area contributed by atoms with Gasteiger partial charge in [-0.25, -0.2) is 0 Å². The van der Waals surface area contributed by atoms with Crippen LogP contribution in [-0.4, -0.2) is 56.1 Å². The fourth-order valence-corrected chi connectivity index (χ4v) is 4.47. The Balaban J connectivity index is 1.43. The minimum Gasteiger partial charge on any atom is -0.497 e. The maximum atomic E-state index is 12.8. The highest BCUT2D eigenvalue weighted by Gasteiger charge is 2.31. The number of nitrogens with zero attached hydrogens (tertiary/aromatic N) is 2. The Morgan fingerprint density at radius 3 is 2.63 bits per heavy atom. The number of hydrogen-bond donors (Lipinski definition) is 2. The summed E-state index contributed by atoms with van der Waals surface area (Å²) < 4.78 is 5.21. The molecule has 6 heteroatoms. The molecule has 2 fully saturated rings. The van der Waals surface area contributed by atoms with Crippen molar-refractivity contribution in [1.29, 1.82) is 0 Å². The molecule has 1 saturated heterocycles. The molecule has 1 aromatic carbocycles. The molecule has 1 heterocycles. The van der Waals surface area contributed by atoms with Crippen LogP contribution in [0.1, 0.15) is 57.4 Å². The molecule has 0 spiro atoms. The van der Waals surface area contributed by atoms with Crippen molar-refractivity contribution in [2.45, 2.75) is 64.3 Å². The smallest absolute Gasteiger partial charge is 0.225 e. The summed E-state index contributed by atoms with van der Waals surface area (Å²) in [5.41, 5.74) is 1.30. The van der Waals surface area contributed by atoms with E-state index < -0.39 is 0 Å². The first-order valence-corrected chi connectivity index (χ1v) is 11.7. The number of amides is 1. The van der Waals surface area contributed by atoms with Gasteiger partial charge in [0, 0.05) is 38.1 Å². The zero-order chi connectivity index (χ0) is 21.2. The summed E-state index contributed by atoms with van der Waals surface area (Å²) in [6, 6.07) is 8.53. The average molecular weight is 415 g/mol. The van der Waals surface area contributed by atoms with Gasteiger partial charge in [-0.3, -0.25) is 9.79 Å². The molecule has 1 unspecified atom stereocenters. The molecule has 1 atom stereocenters. The summed E-state index contributed by atoms with van der Waals surface area (Å²) in [4.78, 5) is 19.6. The molecular formula is C24H38N4O2. The Hall–Kier alpha value is -2.24. The van der Waals surface area contributed by atoms with E-state index in [1.807, 2.05) is 12.1 Å². The van der Waals surface area contributed by atoms with Crippen molar-refractivity contribution >= 4 is 11.9 Å². The molecule has 1 amide bonds. The van der Waals surface area contributed by atoms with Gasteiger partial charge in [-0.15, -0.1) is 0 Å². The fourth-order valence-electron chi connectivity index (χ4n) is 4.47. The van der Waals surface area contributed by atoms with Crippen LogP contribution in [0, 0.1) is 5.92 Å². The second kappa shape index (κ2) is 11.8. The number of guanidine groups is 1. The molecule has 2 N–H and O–H groups in total. The predicted molar refractivity (Wildman–Crippen MR) is 122 cm³/mol. The largest absolute Gasteiger partial charge is 0.497 e. The van der Waals surface area contributed by atoms with Crippen LogP contribution in [0.3, 0.4) is 0 Å². The third-order valence-electron chi connectivity index (χ3n) is 6.19. The van der Waals surface area contributed by atoms with Gasteiger partial charge in [-0.2, -0.15) is 0 Å². The van der Waals surface area contributed by atoms with E-state index in [1.165, 1.54) is 24.8 Å². The second-order valence-corrected chi connectivity index (χ2v) is 8.46. The van der Waals surface area contributed by atoms with Gasteiger partial charge >= 0.3 is 0 Å². The zero-order valence-corrected chi connectivity index (χ0v) is 18.7. The summed E-state index contributed by atoms with van der Waals surface area (Å²) in [5, 5.41) is 6.90. The van der Waals surface area contributed by atoms with Crippen molar-refractivity contribution in [2.24, 2.45) is 10.9 Å². The lowest BCUT2D eigenvalue weighted by Crippen LogP contribution is -2.45. The number of ether oxygens (including phenoxy) is 1. The molecule has 6 nitrogen and oxygen atoms in total. The zero-order valence-electron chi connectivity index (χ0n) is 18.7. The first kappa shape index (κ1) is 22.4. The third-order valence-corrected chi connectivity index (χ3v) is 6.19. The van der Waals surface area contributed by atoms with Crippen LogP contribution in [0.5, 0.6) is 5.75 Å². The van der Waals surface area contributed by atoms with Gasteiger partial charge in [-0.1, -0.05) is 31.4 Å². The van der Waals surface area contributed by atoms with Crippen LogP contribution < -0.4 is 15.4 Å². The van der Waals surface area contributed by atoms with Gasteiger partial charge in [0.05, 0.1) is 7.11 Å². The molecule has 1 aromatic rings. The van der Waals surface area contributed by atoms with E-state index in [0.717, 1.165) is 70.0 Å². The Bertz CT molecular complexity index is 683. The molecule has 2 aliphatic rings. The predicted octanol–water partition coefficient (Wildman–Crippen LogP) is 3.36. The molecule has 1 aliphatic heterocycles. The lowest BCUT2D eigenvalue weighted by molar-refractivity contribution is -0.135. The lowest BCUT2D eigenvalue weighted by atomic mass is 9.88. The Kier molecular flexibility index (Phi) is 8.84. The number of aliphatic imine (C=N–C) groups is 1. The SMILES string of the molecule is CCNC(=NCCCc1ccc(OC)cc1)NC1CCN(C(=O)C2CCCCC2)C1. The van der Waals surface area contributed by atoms with Crippen LogP contribution in [0.15, 0.2) is 29.3 Å². The highest BCUT2D eigenvalue weighted by Crippen LogP contribution is 2.26. The number of nitrogens with one attached hydrogen (secondary N) is 2. The van der Waals surface area contributed by atoms with Gasteiger partial charge in [-0.05, 0) is 56.7 Å². The highest BCUT2D eigenvalue weighted by atomic mass is 16.5. The summed E-state index contributed by atoms with van der Waals surface area (Å²) in [5.74, 6) is 2.39. The number of carbonyl (C=O) groups excluding carboxylic acids is 1. The summed E-state index contributed by atoms with van der Waals surface area (Å²) in [7, 11) is 1.69. The van der Waals surface area contributed by atoms with Gasteiger partial charge in [0.1, 0.15) is 5.75 Å². The number of hydrogen-bond acceptors (Lipinski definition) is 3. The molecule has 0 bridgehead atoms. The van der Waals surface area contributed by atoms with Crippen LogP contribution in [-0.2, 0) is 11.2 Å². The first-order chi connectivity index (χ1) is 14.7. The number of rotatable bonds is 8. The van der Waals surface area contributed by atoms with Gasteiger partial charge in [0.15, 0.2) is 5.96 Å². The topological polar surface area (TPSA) is 66.0 Å². The number of aryl methyl sites for hydroxylation is 1. The van der Waals surface area contributed by atoms with Crippen molar-refractivity contribution in [3.63, 3.8) is 0 Å². The number of carbonyl (C=O) groups is 1. The number of benzene rings is 1. The lowest BCUT2D eigenvalue weighted by Gasteiger charge is -2.26. The standard InChI is InChI=1S/C24H38N4O2/c1-3-25-24(26-16-7-8-19-11-13-22(30-2)14-12-19)27-21-15-17-28(18-21)23(29)20-9-5-4-6-10-20/h11-14,20-21H,3-10,15-18H2,1-2H3,(H2,25,26,27). The van der Waals surface area contributed by atoms with Crippen LogP contribution in [0.2, 0.25) is 0 Å². The minimum atomic E-state index is 0.261. The van der Waals surface area contributed by atoms with E-state index >= 15 is 0 Å². The third kappa shape index (κ3) is 6.64. The first-order valence-electron chi connectivity index (χ1n) is 11.7. The Labute approximate surface area is 181 Å². The van der Waals surface area contributed by atoms with Gasteiger partial charge in [0.2, 0.25) is 5.91 Å². The van der Waals surface area contributed by atoms with Crippen LogP contribution >= 0.6 is 0 Å². The minimum absolute atomic E-state index is 0.261. The molecule has 0 radical (unpaired) electrons. The van der Waals surface area contributed by atoms with E-state index in [2.05, 4.69) is 34.6 Å². The molecule has 0 aromatic heterocycles. The normalized spacial score (nSPS) is 20.3. The maximum absolute atomic E-state index is 12.8. The summed E-state index contributed by atoms with van der Waals surface area (Å²) >= 11 is 0. The van der Waals surface area contributed by atoms with Crippen LogP contribution in [0.25, 0.3) is 0 Å².